The van der Waals surface area contributed by atoms with Gasteiger partial charge >= 0.3 is 0 Å². The fourth-order valence-corrected chi connectivity index (χ4v) is 5.60. The molecule has 1 amide bonds. The van der Waals surface area contributed by atoms with Crippen molar-refractivity contribution in [2.24, 2.45) is 0 Å². The Kier molecular flexibility index (Phi) is 5.03. The highest BCUT2D eigenvalue weighted by molar-refractivity contribution is 7.22. The number of Topliss-reactive ketones (excluding diaryl/α,β-unsaturated/α-hetero) is 1. The average Bonchev–Trinajstić information content (AvgIpc) is 3.51. The van der Waals surface area contributed by atoms with E-state index in [2.05, 4.69) is 11.9 Å². The number of aliphatic hydroxyl groups excluding tert-OH is 1. The van der Waals surface area contributed by atoms with Gasteiger partial charge in [-0.1, -0.05) is 42.5 Å². The third kappa shape index (κ3) is 3.28. The van der Waals surface area contributed by atoms with Crippen LogP contribution in [-0.2, 0) is 11.2 Å². The maximum Gasteiger partial charge on any atom is 0.296 e. The number of carbonyl (C=O) groups excluding carboxylic acids is 2. The second-order valence-electron chi connectivity index (χ2n) is 7.39. The lowest BCUT2D eigenvalue weighted by Gasteiger charge is -2.24. The number of phenols is 1. The van der Waals surface area contributed by atoms with Crippen LogP contribution in [0.3, 0.4) is 0 Å². The largest absolute Gasteiger partial charge is 0.508 e. The van der Waals surface area contributed by atoms with Crippen LogP contribution in [0.25, 0.3) is 10.2 Å². The van der Waals surface area contributed by atoms with Crippen LogP contribution in [0.5, 0.6) is 5.75 Å². The zero-order chi connectivity index (χ0) is 22.4. The van der Waals surface area contributed by atoms with E-state index in [1.54, 1.807) is 29.6 Å². The molecule has 32 heavy (non-hydrogen) atoms. The van der Waals surface area contributed by atoms with Gasteiger partial charge in [0, 0.05) is 0 Å². The summed E-state index contributed by atoms with van der Waals surface area (Å²) in [7, 11) is 0. The molecule has 2 N–H and O–H groups in total. The van der Waals surface area contributed by atoms with E-state index in [1.807, 2.05) is 18.2 Å². The van der Waals surface area contributed by atoms with E-state index < -0.39 is 23.5 Å². The summed E-state index contributed by atoms with van der Waals surface area (Å²) >= 11 is 2.57. The second-order valence-corrected chi connectivity index (χ2v) is 9.35. The molecule has 0 spiro atoms. The lowest BCUT2D eigenvalue weighted by molar-refractivity contribution is -0.117. The maximum absolute atomic E-state index is 13.3. The average molecular weight is 463 g/mol. The molecule has 8 heteroatoms. The highest BCUT2D eigenvalue weighted by atomic mass is 32.1. The number of hydrogen-bond donors (Lipinski definition) is 2. The first-order chi connectivity index (χ1) is 15.5. The van der Waals surface area contributed by atoms with Gasteiger partial charge in [0.2, 0.25) is 5.78 Å². The predicted octanol–water partition coefficient (Wildman–Crippen LogP) is 5.41. The number of phenolic OH excluding ortho intramolecular Hbond substituents is 1. The number of benzene rings is 2. The fourth-order valence-electron chi connectivity index (χ4n) is 3.87. The first kappa shape index (κ1) is 20.4. The van der Waals surface area contributed by atoms with Crippen molar-refractivity contribution in [3.05, 3.63) is 87.3 Å². The number of thiophene rings is 1. The predicted molar refractivity (Wildman–Crippen MR) is 126 cm³/mol. The van der Waals surface area contributed by atoms with Gasteiger partial charge in [-0.05, 0) is 53.3 Å². The lowest BCUT2D eigenvalue weighted by Crippen LogP contribution is -2.30. The van der Waals surface area contributed by atoms with Crippen LogP contribution >= 0.6 is 22.7 Å². The van der Waals surface area contributed by atoms with Crippen LogP contribution in [0.2, 0.25) is 0 Å². The number of aromatic hydroxyl groups is 1. The molecule has 0 saturated heterocycles. The van der Waals surface area contributed by atoms with E-state index in [1.165, 1.54) is 39.7 Å². The third-order valence-corrected chi connectivity index (χ3v) is 7.33. The summed E-state index contributed by atoms with van der Waals surface area (Å²) in [6, 6.07) is 14.8. The van der Waals surface area contributed by atoms with Crippen molar-refractivity contribution >= 4 is 49.7 Å². The number of amides is 1. The van der Waals surface area contributed by atoms with Gasteiger partial charge < -0.3 is 10.2 Å². The standard InChI is InChI=1S/C24H18N2O4S2/c1-2-13-8-9-16-18(11-13)32-24(25-16)26-20(14-5-3-6-15(27)12-14)19(22(29)23(26)30)21(28)17-7-4-10-31-17/h3-12,20,27,29H,2H2,1H3/t20-/m1/s1. The molecule has 0 unspecified atom stereocenters. The van der Waals surface area contributed by atoms with Crippen LogP contribution in [-0.4, -0.2) is 26.9 Å². The Balaban J connectivity index is 1.68. The molecule has 1 atom stereocenters. The van der Waals surface area contributed by atoms with Crippen LogP contribution in [0.1, 0.15) is 33.8 Å². The fraction of sp³-hybridized carbons (Fsp3) is 0.125. The Labute approximate surface area is 191 Å². The molecule has 0 radical (unpaired) electrons. The Morgan fingerprint density at radius 3 is 2.69 bits per heavy atom. The summed E-state index contributed by atoms with van der Waals surface area (Å²) in [5.74, 6) is -1.70. The smallest absolute Gasteiger partial charge is 0.296 e. The summed E-state index contributed by atoms with van der Waals surface area (Å²) in [6.45, 7) is 2.06. The number of aryl methyl sites for hydroxylation is 1. The number of anilines is 1. The van der Waals surface area contributed by atoms with Gasteiger partial charge in [-0.3, -0.25) is 14.5 Å². The van der Waals surface area contributed by atoms with E-state index in [9.17, 15) is 19.8 Å². The molecule has 1 aliphatic rings. The molecular weight excluding hydrogens is 444 g/mol. The van der Waals surface area contributed by atoms with Crippen molar-refractivity contribution in [1.29, 1.82) is 0 Å². The summed E-state index contributed by atoms with van der Waals surface area (Å²) < 4.78 is 0.916. The van der Waals surface area contributed by atoms with Gasteiger partial charge in [-0.2, -0.15) is 0 Å². The Hall–Kier alpha value is -3.49. The maximum atomic E-state index is 13.3. The molecule has 160 valence electrons. The Morgan fingerprint density at radius 1 is 1.12 bits per heavy atom. The summed E-state index contributed by atoms with van der Waals surface area (Å²) in [4.78, 5) is 32.9. The normalized spacial score (nSPS) is 16.3. The van der Waals surface area contributed by atoms with E-state index in [0.29, 0.717) is 15.6 Å². The van der Waals surface area contributed by atoms with E-state index in [-0.39, 0.29) is 11.3 Å². The molecule has 1 aliphatic heterocycles. The number of rotatable bonds is 5. The molecule has 0 aliphatic carbocycles. The topological polar surface area (TPSA) is 90.7 Å². The van der Waals surface area contributed by atoms with E-state index >= 15 is 0 Å². The molecule has 5 rings (SSSR count). The highest BCUT2D eigenvalue weighted by Crippen LogP contribution is 2.45. The van der Waals surface area contributed by atoms with Crippen molar-refractivity contribution in [1.82, 2.24) is 4.98 Å². The van der Waals surface area contributed by atoms with Crippen LogP contribution in [0.15, 0.2) is 71.3 Å². The van der Waals surface area contributed by atoms with Crippen LogP contribution in [0, 0.1) is 0 Å². The first-order valence-electron chi connectivity index (χ1n) is 10.0. The van der Waals surface area contributed by atoms with E-state index in [0.717, 1.165) is 22.2 Å². The molecule has 4 aromatic rings. The lowest BCUT2D eigenvalue weighted by atomic mass is 9.95. The highest BCUT2D eigenvalue weighted by Gasteiger charge is 2.46. The first-order valence-corrected chi connectivity index (χ1v) is 11.7. The molecular formula is C24H18N2O4S2. The van der Waals surface area contributed by atoms with Crippen molar-refractivity contribution < 1.29 is 19.8 Å². The minimum Gasteiger partial charge on any atom is -0.508 e. The van der Waals surface area contributed by atoms with E-state index in [4.69, 9.17) is 0 Å². The minimum atomic E-state index is -0.907. The third-order valence-electron chi connectivity index (χ3n) is 5.44. The Bertz CT molecular complexity index is 1390. The zero-order valence-electron chi connectivity index (χ0n) is 17.0. The number of ketones is 1. The second kappa shape index (κ2) is 7.89. The molecule has 6 nitrogen and oxygen atoms in total. The van der Waals surface area contributed by atoms with Gasteiger partial charge in [0.05, 0.1) is 26.7 Å². The van der Waals surface area contributed by atoms with Crippen molar-refractivity contribution in [3.8, 4) is 5.75 Å². The van der Waals surface area contributed by atoms with Gasteiger partial charge in [0.1, 0.15) is 5.75 Å². The number of aromatic nitrogens is 1. The quantitative estimate of drug-likeness (QED) is 0.387. The number of nitrogens with zero attached hydrogens (tertiary/aromatic N) is 2. The zero-order valence-corrected chi connectivity index (χ0v) is 18.6. The monoisotopic (exact) mass is 462 g/mol. The summed E-state index contributed by atoms with van der Waals surface area (Å²) in [5, 5.41) is 23.0. The molecule has 0 saturated carbocycles. The molecule has 0 bridgehead atoms. The molecule has 2 aromatic carbocycles. The molecule has 3 heterocycles. The molecule has 0 fully saturated rings. The van der Waals surface area contributed by atoms with Crippen LogP contribution < -0.4 is 4.90 Å². The number of fused-ring (bicyclic) bond motifs is 1. The number of carbonyl (C=O) groups is 2. The number of aliphatic hydroxyl groups is 1. The Morgan fingerprint density at radius 2 is 1.97 bits per heavy atom. The van der Waals surface area contributed by atoms with Gasteiger partial charge in [0.15, 0.2) is 10.9 Å². The van der Waals surface area contributed by atoms with Gasteiger partial charge in [-0.15, -0.1) is 11.3 Å². The number of thiazole rings is 1. The SMILES string of the molecule is CCc1ccc2nc(N3C(=O)C(O)=C(C(=O)c4cccs4)[C@H]3c3cccc(O)c3)sc2c1. The minimum absolute atomic E-state index is 0.00102. The van der Waals surface area contributed by atoms with Gasteiger partial charge in [-0.25, -0.2) is 4.98 Å². The van der Waals surface area contributed by atoms with Crippen molar-refractivity contribution in [3.63, 3.8) is 0 Å². The van der Waals surface area contributed by atoms with Gasteiger partial charge in [0.25, 0.3) is 5.91 Å². The van der Waals surface area contributed by atoms with Crippen molar-refractivity contribution in [2.75, 3.05) is 4.90 Å². The summed E-state index contributed by atoms with van der Waals surface area (Å²) in [6.07, 6.45) is 0.875. The van der Waals surface area contributed by atoms with Crippen LogP contribution in [0.4, 0.5) is 5.13 Å². The molecule has 2 aromatic heterocycles. The number of hydrogen-bond acceptors (Lipinski definition) is 7. The summed E-state index contributed by atoms with van der Waals surface area (Å²) in [5.41, 5.74) is 2.38. The van der Waals surface area contributed by atoms with Crippen molar-refractivity contribution in [2.45, 2.75) is 19.4 Å².